The lowest BCUT2D eigenvalue weighted by Gasteiger charge is -2.23. The molecule has 0 bridgehead atoms. The normalized spacial score (nSPS) is 12.8. The average Bonchev–Trinajstić information content (AvgIpc) is 2.35. The van der Waals surface area contributed by atoms with Crippen molar-refractivity contribution in [1.82, 2.24) is 5.32 Å². The molecule has 0 fully saturated rings. The maximum Gasteiger partial charge on any atom is 0.119 e. The van der Waals surface area contributed by atoms with Gasteiger partial charge in [-0.05, 0) is 36.6 Å². The molecule has 0 radical (unpaired) electrons. The monoisotopic (exact) mass is 235 g/mol. The summed E-state index contributed by atoms with van der Waals surface area (Å²) in [6.45, 7) is 10.6. The average molecular weight is 235 g/mol. The van der Waals surface area contributed by atoms with Gasteiger partial charge in [0.25, 0.3) is 0 Å². The first-order valence-electron chi connectivity index (χ1n) is 6.63. The Morgan fingerprint density at radius 3 is 2.24 bits per heavy atom. The van der Waals surface area contributed by atoms with Gasteiger partial charge in [-0.25, -0.2) is 0 Å². The Hall–Kier alpha value is -1.02. The predicted octanol–water partition coefficient (Wildman–Crippen LogP) is 3.26. The zero-order valence-electron chi connectivity index (χ0n) is 11.5. The molecule has 1 aromatic carbocycles. The van der Waals surface area contributed by atoms with E-state index in [0.717, 1.165) is 25.3 Å². The topological polar surface area (TPSA) is 21.3 Å². The number of likely N-dealkylation sites (N-methyl/N-ethyl adjacent to an activating group) is 1. The highest BCUT2D eigenvalue weighted by Crippen LogP contribution is 2.17. The van der Waals surface area contributed by atoms with Gasteiger partial charge in [0.15, 0.2) is 0 Å². The third-order valence-electron chi connectivity index (χ3n) is 2.96. The van der Waals surface area contributed by atoms with Crippen molar-refractivity contribution in [3.63, 3.8) is 0 Å². The lowest BCUT2D eigenvalue weighted by atomic mass is 10.1. The van der Waals surface area contributed by atoms with Crippen LogP contribution in [0.15, 0.2) is 24.3 Å². The summed E-state index contributed by atoms with van der Waals surface area (Å²) in [6, 6.07) is 8.42. The van der Waals surface area contributed by atoms with Gasteiger partial charge in [-0.2, -0.15) is 0 Å². The fraction of sp³-hybridized carbons (Fsp3) is 0.600. The number of benzene rings is 1. The molecule has 0 amide bonds. The number of hydrogen-bond donors (Lipinski definition) is 1. The third kappa shape index (κ3) is 4.78. The summed E-state index contributed by atoms with van der Waals surface area (Å²) in [4.78, 5) is 0. The Bertz CT molecular complexity index is 305. The lowest BCUT2D eigenvalue weighted by Crippen LogP contribution is -2.35. The van der Waals surface area contributed by atoms with E-state index in [4.69, 9.17) is 4.74 Å². The highest BCUT2D eigenvalue weighted by atomic mass is 16.5. The Kier molecular flexibility index (Phi) is 6.06. The van der Waals surface area contributed by atoms with Crippen LogP contribution >= 0.6 is 0 Å². The van der Waals surface area contributed by atoms with Crippen molar-refractivity contribution in [2.24, 2.45) is 5.92 Å². The van der Waals surface area contributed by atoms with E-state index in [0.29, 0.717) is 5.92 Å². The van der Waals surface area contributed by atoms with Gasteiger partial charge in [0, 0.05) is 6.54 Å². The predicted molar refractivity (Wildman–Crippen MR) is 73.6 cm³/mol. The van der Waals surface area contributed by atoms with E-state index in [1.54, 1.807) is 0 Å². The van der Waals surface area contributed by atoms with Gasteiger partial charge in [-0.15, -0.1) is 0 Å². The molecular formula is C15H25NO. The number of rotatable bonds is 7. The minimum Gasteiger partial charge on any atom is -0.489 e. The van der Waals surface area contributed by atoms with Crippen LogP contribution in [-0.4, -0.2) is 19.2 Å². The Balaban J connectivity index is 2.58. The SMILES string of the molecule is CCNCC(Oc1ccc(CC)cc1)C(C)C. The number of nitrogens with one attached hydrogen (secondary N) is 1. The summed E-state index contributed by atoms with van der Waals surface area (Å²) in [5.74, 6) is 1.48. The molecule has 0 aliphatic rings. The van der Waals surface area contributed by atoms with Crippen molar-refractivity contribution in [2.75, 3.05) is 13.1 Å². The van der Waals surface area contributed by atoms with E-state index in [-0.39, 0.29) is 6.10 Å². The molecule has 0 saturated heterocycles. The van der Waals surface area contributed by atoms with Crippen LogP contribution in [-0.2, 0) is 6.42 Å². The zero-order valence-corrected chi connectivity index (χ0v) is 11.5. The minimum absolute atomic E-state index is 0.238. The maximum atomic E-state index is 6.01. The summed E-state index contributed by atoms with van der Waals surface area (Å²) >= 11 is 0. The number of hydrogen-bond acceptors (Lipinski definition) is 2. The van der Waals surface area contributed by atoms with Crippen molar-refractivity contribution >= 4 is 0 Å². The summed E-state index contributed by atoms with van der Waals surface area (Å²) < 4.78 is 6.01. The van der Waals surface area contributed by atoms with Crippen LogP contribution in [0.1, 0.15) is 33.3 Å². The molecule has 1 rings (SSSR count). The molecule has 2 nitrogen and oxygen atoms in total. The van der Waals surface area contributed by atoms with Crippen LogP contribution in [0.5, 0.6) is 5.75 Å². The number of ether oxygens (including phenoxy) is 1. The molecule has 0 spiro atoms. The molecule has 96 valence electrons. The summed E-state index contributed by atoms with van der Waals surface area (Å²) in [7, 11) is 0. The van der Waals surface area contributed by atoms with E-state index < -0.39 is 0 Å². The quantitative estimate of drug-likeness (QED) is 0.783. The highest BCUT2D eigenvalue weighted by Gasteiger charge is 2.14. The molecule has 1 N–H and O–H groups in total. The van der Waals surface area contributed by atoms with Crippen LogP contribution < -0.4 is 10.1 Å². The van der Waals surface area contributed by atoms with Gasteiger partial charge in [0.05, 0.1) is 0 Å². The smallest absolute Gasteiger partial charge is 0.119 e. The van der Waals surface area contributed by atoms with E-state index in [1.165, 1.54) is 5.56 Å². The van der Waals surface area contributed by atoms with Gasteiger partial charge in [0.1, 0.15) is 11.9 Å². The maximum absolute atomic E-state index is 6.01. The summed E-state index contributed by atoms with van der Waals surface area (Å²) in [5.41, 5.74) is 1.35. The molecular weight excluding hydrogens is 210 g/mol. The van der Waals surface area contributed by atoms with Crippen LogP contribution in [0.3, 0.4) is 0 Å². The summed E-state index contributed by atoms with van der Waals surface area (Å²) in [5, 5.41) is 3.35. The molecule has 0 saturated carbocycles. The first kappa shape index (κ1) is 14.0. The Morgan fingerprint density at radius 1 is 1.12 bits per heavy atom. The third-order valence-corrected chi connectivity index (χ3v) is 2.96. The van der Waals surface area contributed by atoms with Gasteiger partial charge in [-0.3, -0.25) is 0 Å². The van der Waals surface area contributed by atoms with Crippen LogP contribution in [0.25, 0.3) is 0 Å². The number of aryl methyl sites for hydroxylation is 1. The molecule has 2 heteroatoms. The molecule has 1 unspecified atom stereocenters. The first-order valence-corrected chi connectivity index (χ1v) is 6.63. The highest BCUT2D eigenvalue weighted by molar-refractivity contribution is 5.27. The van der Waals surface area contributed by atoms with Crippen molar-refractivity contribution in [1.29, 1.82) is 0 Å². The molecule has 17 heavy (non-hydrogen) atoms. The van der Waals surface area contributed by atoms with Gasteiger partial charge >= 0.3 is 0 Å². The molecule has 0 aliphatic carbocycles. The fourth-order valence-corrected chi connectivity index (χ4v) is 1.68. The lowest BCUT2D eigenvalue weighted by molar-refractivity contribution is 0.149. The molecule has 0 aromatic heterocycles. The van der Waals surface area contributed by atoms with Crippen LogP contribution in [0.2, 0.25) is 0 Å². The fourth-order valence-electron chi connectivity index (χ4n) is 1.68. The first-order chi connectivity index (χ1) is 8.17. The van der Waals surface area contributed by atoms with Crippen molar-refractivity contribution in [3.8, 4) is 5.75 Å². The van der Waals surface area contributed by atoms with E-state index in [9.17, 15) is 0 Å². The Labute approximate surface area is 105 Å². The van der Waals surface area contributed by atoms with E-state index >= 15 is 0 Å². The van der Waals surface area contributed by atoms with E-state index in [1.807, 2.05) is 0 Å². The molecule has 1 atom stereocenters. The second-order valence-electron chi connectivity index (χ2n) is 4.71. The van der Waals surface area contributed by atoms with Gasteiger partial charge in [-0.1, -0.05) is 39.8 Å². The Morgan fingerprint density at radius 2 is 1.76 bits per heavy atom. The van der Waals surface area contributed by atoms with Crippen molar-refractivity contribution in [2.45, 2.75) is 40.2 Å². The minimum atomic E-state index is 0.238. The molecule has 1 aromatic rings. The molecule has 0 heterocycles. The zero-order chi connectivity index (χ0) is 12.7. The van der Waals surface area contributed by atoms with Crippen LogP contribution in [0, 0.1) is 5.92 Å². The standard InChI is InChI=1S/C15H25NO/c1-5-13-7-9-14(10-8-13)17-15(12(3)4)11-16-6-2/h7-10,12,15-16H,5-6,11H2,1-4H3. The second-order valence-corrected chi connectivity index (χ2v) is 4.71. The van der Waals surface area contributed by atoms with Crippen molar-refractivity contribution < 1.29 is 4.74 Å². The second kappa shape index (κ2) is 7.33. The van der Waals surface area contributed by atoms with Crippen molar-refractivity contribution in [3.05, 3.63) is 29.8 Å². The summed E-state index contributed by atoms with van der Waals surface area (Å²) in [6.07, 6.45) is 1.31. The van der Waals surface area contributed by atoms with Crippen LogP contribution in [0.4, 0.5) is 0 Å². The van der Waals surface area contributed by atoms with E-state index in [2.05, 4.69) is 57.3 Å². The van der Waals surface area contributed by atoms with Gasteiger partial charge < -0.3 is 10.1 Å². The largest absolute Gasteiger partial charge is 0.489 e. The molecule has 0 aliphatic heterocycles. The van der Waals surface area contributed by atoms with Gasteiger partial charge in [0.2, 0.25) is 0 Å².